The van der Waals surface area contributed by atoms with Gasteiger partial charge in [0, 0.05) is 25.7 Å². The molecule has 36 heavy (non-hydrogen) atoms. The molecule has 3 fully saturated rings. The van der Waals surface area contributed by atoms with E-state index >= 15 is 0 Å². The standard InChI is InChI=1S/C28H44N2O6/c1-6-8-9-13-19-35-26(34)22-21-24(32)30(17-11-10-12-18-31)23(25(33)29(16-7-2)20(3)4)28(21)15-14-27(22,5)36-28/h6-7,20-23,31H,1-2,8-19H2,3-5H3/t21-,22-,23?,27+,28?/m0/s1. The lowest BCUT2D eigenvalue weighted by Crippen LogP contribution is -2.57. The van der Waals surface area contributed by atoms with Crippen LogP contribution in [0, 0.1) is 11.8 Å². The van der Waals surface area contributed by atoms with Gasteiger partial charge in [-0.2, -0.15) is 0 Å². The summed E-state index contributed by atoms with van der Waals surface area (Å²) in [5.74, 6) is -2.23. The topological polar surface area (TPSA) is 96.4 Å². The molecule has 3 aliphatic rings. The predicted molar refractivity (Wildman–Crippen MR) is 137 cm³/mol. The number of carbonyl (C=O) groups excluding carboxylic acids is 3. The molecule has 8 heteroatoms. The second kappa shape index (κ2) is 11.9. The molecule has 2 bridgehead atoms. The van der Waals surface area contributed by atoms with Crippen molar-refractivity contribution < 1.29 is 29.0 Å². The number of aliphatic hydroxyl groups is 1. The summed E-state index contributed by atoms with van der Waals surface area (Å²) in [6.07, 6.45) is 9.19. The van der Waals surface area contributed by atoms with Crippen LogP contribution in [-0.4, -0.2) is 82.3 Å². The Bertz CT molecular complexity index is 844. The molecule has 0 aromatic heterocycles. The molecule has 1 N–H and O–H groups in total. The third-order valence-electron chi connectivity index (χ3n) is 8.10. The molecular formula is C28H44N2O6. The van der Waals surface area contributed by atoms with Crippen molar-refractivity contribution in [3.05, 3.63) is 25.3 Å². The number of likely N-dealkylation sites (tertiary alicyclic amines) is 1. The van der Waals surface area contributed by atoms with Crippen molar-refractivity contribution in [3.8, 4) is 0 Å². The van der Waals surface area contributed by atoms with Crippen LogP contribution in [0.3, 0.4) is 0 Å². The lowest BCUT2D eigenvalue weighted by Gasteiger charge is -2.38. The maximum Gasteiger partial charge on any atom is 0.312 e. The van der Waals surface area contributed by atoms with Crippen molar-refractivity contribution in [1.29, 1.82) is 0 Å². The molecule has 8 nitrogen and oxygen atoms in total. The Morgan fingerprint density at radius 1 is 1.19 bits per heavy atom. The Balaban J connectivity index is 1.91. The highest BCUT2D eigenvalue weighted by molar-refractivity contribution is 5.98. The Morgan fingerprint density at radius 3 is 2.58 bits per heavy atom. The fourth-order valence-corrected chi connectivity index (χ4v) is 6.38. The van der Waals surface area contributed by atoms with Gasteiger partial charge in [-0.25, -0.2) is 0 Å². The van der Waals surface area contributed by atoms with Crippen LogP contribution >= 0.6 is 0 Å². The van der Waals surface area contributed by atoms with E-state index in [2.05, 4.69) is 13.2 Å². The van der Waals surface area contributed by atoms with Crippen LogP contribution in [0.15, 0.2) is 25.3 Å². The zero-order valence-corrected chi connectivity index (χ0v) is 22.2. The predicted octanol–water partition coefficient (Wildman–Crippen LogP) is 3.24. The first-order chi connectivity index (χ1) is 17.2. The molecule has 3 heterocycles. The van der Waals surface area contributed by atoms with Gasteiger partial charge in [0.2, 0.25) is 11.8 Å². The first-order valence-corrected chi connectivity index (χ1v) is 13.5. The van der Waals surface area contributed by atoms with Crippen LogP contribution in [-0.2, 0) is 23.9 Å². The van der Waals surface area contributed by atoms with Gasteiger partial charge in [-0.1, -0.05) is 12.2 Å². The number of esters is 1. The largest absolute Gasteiger partial charge is 0.465 e. The van der Waals surface area contributed by atoms with Crippen molar-refractivity contribution in [1.82, 2.24) is 9.80 Å². The highest BCUT2D eigenvalue weighted by Crippen LogP contribution is 2.63. The van der Waals surface area contributed by atoms with E-state index in [0.717, 1.165) is 25.7 Å². The summed E-state index contributed by atoms with van der Waals surface area (Å²) in [5, 5.41) is 9.18. The molecule has 2 unspecified atom stereocenters. The average molecular weight is 505 g/mol. The summed E-state index contributed by atoms with van der Waals surface area (Å²) < 4.78 is 12.3. The zero-order valence-electron chi connectivity index (χ0n) is 22.2. The molecule has 5 atom stereocenters. The fourth-order valence-electron chi connectivity index (χ4n) is 6.38. The van der Waals surface area contributed by atoms with Gasteiger partial charge in [0.25, 0.3) is 0 Å². The van der Waals surface area contributed by atoms with Crippen LogP contribution in [0.1, 0.15) is 72.1 Å². The molecule has 1 spiro atoms. The molecule has 0 saturated carbocycles. The molecule has 0 aliphatic carbocycles. The lowest BCUT2D eigenvalue weighted by molar-refractivity contribution is -0.160. The number of unbranched alkanes of at least 4 members (excludes halogenated alkanes) is 4. The lowest BCUT2D eigenvalue weighted by atomic mass is 9.66. The molecule has 0 aromatic rings. The number of hydrogen-bond donors (Lipinski definition) is 1. The maximum atomic E-state index is 14.0. The quantitative estimate of drug-likeness (QED) is 0.209. The third-order valence-corrected chi connectivity index (χ3v) is 8.10. The summed E-state index contributed by atoms with van der Waals surface area (Å²) in [5.41, 5.74) is -1.87. The fraction of sp³-hybridized carbons (Fsp3) is 0.750. The van der Waals surface area contributed by atoms with Gasteiger partial charge in [0.05, 0.1) is 18.1 Å². The van der Waals surface area contributed by atoms with E-state index in [1.165, 1.54) is 0 Å². The number of fused-ring (bicyclic) bond motifs is 1. The van der Waals surface area contributed by atoms with E-state index in [1.807, 2.05) is 26.8 Å². The number of ether oxygens (including phenoxy) is 2. The second-order valence-corrected chi connectivity index (χ2v) is 10.9. The minimum atomic E-state index is -1.04. The number of nitrogens with zero attached hydrogens (tertiary/aromatic N) is 2. The third kappa shape index (κ3) is 5.12. The molecular weight excluding hydrogens is 460 g/mol. The summed E-state index contributed by atoms with van der Waals surface area (Å²) in [6, 6.07) is -0.874. The molecule has 2 amide bonds. The molecule has 0 radical (unpaired) electrons. The first kappa shape index (κ1) is 28.4. The summed E-state index contributed by atoms with van der Waals surface area (Å²) in [6.45, 7) is 14.4. The monoisotopic (exact) mass is 504 g/mol. The average Bonchev–Trinajstić information content (AvgIpc) is 3.40. The number of rotatable bonds is 15. The number of hydrogen-bond acceptors (Lipinski definition) is 6. The van der Waals surface area contributed by atoms with Gasteiger partial charge in [0.1, 0.15) is 17.6 Å². The van der Waals surface area contributed by atoms with Crippen LogP contribution in [0.5, 0.6) is 0 Å². The van der Waals surface area contributed by atoms with E-state index in [9.17, 15) is 19.5 Å². The van der Waals surface area contributed by atoms with E-state index in [0.29, 0.717) is 45.4 Å². The van der Waals surface area contributed by atoms with Crippen LogP contribution < -0.4 is 0 Å². The van der Waals surface area contributed by atoms with E-state index < -0.39 is 35.0 Å². The second-order valence-electron chi connectivity index (χ2n) is 10.9. The highest BCUT2D eigenvalue weighted by atomic mass is 16.6. The molecule has 3 aliphatic heterocycles. The van der Waals surface area contributed by atoms with E-state index in [-0.39, 0.29) is 24.5 Å². The molecule has 0 aromatic carbocycles. The number of allylic oxidation sites excluding steroid dienone is 1. The van der Waals surface area contributed by atoms with E-state index in [1.54, 1.807) is 15.9 Å². The van der Waals surface area contributed by atoms with Crippen molar-refractivity contribution in [3.63, 3.8) is 0 Å². The van der Waals surface area contributed by atoms with Gasteiger partial charge in [-0.3, -0.25) is 14.4 Å². The molecule has 3 saturated heterocycles. The van der Waals surface area contributed by atoms with Crippen molar-refractivity contribution >= 4 is 17.8 Å². The Morgan fingerprint density at radius 2 is 1.94 bits per heavy atom. The van der Waals surface area contributed by atoms with Gasteiger partial charge in [-0.05, 0) is 72.1 Å². The number of aliphatic hydroxyl groups excluding tert-OH is 1. The van der Waals surface area contributed by atoms with Gasteiger partial charge in [-0.15, -0.1) is 13.2 Å². The minimum Gasteiger partial charge on any atom is -0.465 e. The normalized spacial score (nSPS) is 30.5. The zero-order chi connectivity index (χ0) is 26.5. The summed E-state index contributed by atoms with van der Waals surface area (Å²) in [7, 11) is 0. The summed E-state index contributed by atoms with van der Waals surface area (Å²) in [4.78, 5) is 44.7. The minimum absolute atomic E-state index is 0.0807. The highest BCUT2D eigenvalue weighted by Gasteiger charge is 2.78. The molecule has 202 valence electrons. The number of carbonyl (C=O) groups is 3. The van der Waals surface area contributed by atoms with Crippen LogP contribution in [0.2, 0.25) is 0 Å². The smallest absolute Gasteiger partial charge is 0.312 e. The van der Waals surface area contributed by atoms with Crippen molar-refractivity contribution in [2.45, 2.75) is 95.4 Å². The van der Waals surface area contributed by atoms with E-state index in [4.69, 9.17) is 9.47 Å². The maximum absolute atomic E-state index is 14.0. The van der Waals surface area contributed by atoms with Gasteiger partial charge >= 0.3 is 5.97 Å². The van der Waals surface area contributed by atoms with Gasteiger partial charge < -0.3 is 24.4 Å². The van der Waals surface area contributed by atoms with Crippen LogP contribution in [0.25, 0.3) is 0 Å². The molecule has 3 rings (SSSR count). The van der Waals surface area contributed by atoms with Gasteiger partial charge in [0.15, 0.2) is 0 Å². The number of amides is 2. The Labute approximate surface area is 215 Å². The SMILES string of the molecule is C=CCCCCOC(=O)[C@@H]1[C@H]2C(=O)N(CCCCCO)C(C(=O)N(CC=C)C(C)C)C23CC[C@@]1(C)O3. The Hall–Kier alpha value is -2.19. The Kier molecular flexibility index (Phi) is 9.39. The summed E-state index contributed by atoms with van der Waals surface area (Å²) >= 11 is 0. The van der Waals surface area contributed by atoms with Crippen LogP contribution in [0.4, 0.5) is 0 Å². The first-order valence-electron chi connectivity index (χ1n) is 13.5. The van der Waals surface area contributed by atoms with Crippen molar-refractivity contribution in [2.24, 2.45) is 11.8 Å². The van der Waals surface area contributed by atoms with Crippen molar-refractivity contribution in [2.75, 3.05) is 26.3 Å².